The number of hydrogen-bond donors (Lipinski definition) is 2. The molecule has 2 amide bonds. The molecular weight excluding hydrogens is 340 g/mol. The topological polar surface area (TPSA) is 90.0 Å². The lowest BCUT2D eigenvalue weighted by molar-refractivity contribution is -0.117. The Morgan fingerprint density at radius 3 is 2.52 bits per heavy atom. The van der Waals surface area contributed by atoms with Crippen LogP contribution in [0, 0.1) is 0 Å². The van der Waals surface area contributed by atoms with E-state index in [9.17, 15) is 9.59 Å². The predicted octanol–water partition coefficient (Wildman–Crippen LogP) is 2.51. The zero-order valence-corrected chi connectivity index (χ0v) is 15.2. The van der Waals surface area contributed by atoms with E-state index in [1.54, 1.807) is 6.33 Å². The minimum Gasteiger partial charge on any atom is -0.369 e. The summed E-state index contributed by atoms with van der Waals surface area (Å²) < 4.78 is 1.94. The largest absolute Gasteiger partial charge is 0.369 e. The molecule has 27 heavy (non-hydrogen) atoms. The molecule has 3 aromatic rings. The van der Waals surface area contributed by atoms with Gasteiger partial charge >= 0.3 is 0 Å². The Morgan fingerprint density at radius 1 is 1.07 bits per heavy atom. The van der Waals surface area contributed by atoms with Gasteiger partial charge in [-0.25, -0.2) is 4.98 Å². The summed E-state index contributed by atoms with van der Waals surface area (Å²) in [5, 5.41) is 2.78. The van der Waals surface area contributed by atoms with Gasteiger partial charge in [0.15, 0.2) is 0 Å². The Balaban J connectivity index is 1.86. The zero-order chi connectivity index (χ0) is 19.2. The van der Waals surface area contributed by atoms with Crippen molar-refractivity contribution in [2.45, 2.75) is 26.3 Å². The Labute approximate surface area is 158 Å². The van der Waals surface area contributed by atoms with Crippen molar-refractivity contribution >= 4 is 17.5 Å². The van der Waals surface area contributed by atoms with Crippen LogP contribution < -0.4 is 11.1 Å². The number of primary amides is 1. The minimum atomic E-state index is -0.391. The van der Waals surface area contributed by atoms with Gasteiger partial charge in [-0.3, -0.25) is 9.59 Å². The quantitative estimate of drug-likeness (QED) is 0.677. The molecule has 0 fully saturated rings. The van der Waals surface area contributed by atoms with Gasteiger partial charge in [0.1, 0.15) is 0 Å². The number of imidazole rings is 1. The third-order valence-corrected chi connectivity index (χ3v) is 4.19. The van der Waals surface area contributed by atoms with Gasteiger partial charge in [0.05, 0.1) is 24.1 Å². The lowest BCUT2D eigenvalue weighted by Crippen LogP contribution is -2.18. The molecule has 6 heteroatoms. The SMILES string of the molecule is CC(=O)Nc1cccc(Cn2cnc(Cc3ccccc3)c2CC(N)=O)c1. The molecule has 0 atom stereocenters. The molecule has 6 nitrogen and oxygen atoms in total. The number of aromatic nitrogens is 2. The summed E-state index contributed by atoms with van der Waals surface area (Å²) in [7, 11) is 0. The van der Waals surface area contributed by atoms with E-state index in [0.29, 0.717) is 13.0 Å². The van der Waals surface area contributed by atoms with E-state index < -0.39 is 5.91 Å². The number of amides is 2. The van der Waals surface area contributed by atoms with Crippen molar-refractivity contribution in [2.24, 2.45) is 5.73 Å². The maximum absolute atomic E-state index is 11.6. The van der Waals surface area contributed by atoms with E-state index in [4.69, 9.17) is 5.73 Å². The molecule has 0 aliphatic heterocycles. The number of nitrogens with two attached hydrogens (primary N) is 1. The number of carbonyl (C=O) groups is 2. The van der Waals surface area contributed by atoms with Crippen LogP contribution >= 0.6 is 0 Å². The van der Waals surface area contributed by atoms with Crippen molar-refractivity contribution in [3.05, 3.63) is 83.4 Å². The zero-order valence-electron chi connectivity index (χ0n) is 15.2. The van der Waals surface area contributed by atoms with Crippen molar-refractivity contribution in [3.8, 4) is 0 Å². The van der Waals surface area contributed by atoms with Crippen molar-refractivity contribution in [3.63, 3.8) is 0 Å². The lowest BCUT2D eigenvalue weighted by atomic mass is 10.1. The second kappa shape index (κ2) is 8.31. The van der Waals surface area contributed by atoms with E-state index in [-0.39, 0.29) is 12.3 Å². The van der Waals surface area contributed by atoms with Crippen LogP contribution in [0.15, 0.2) is 60.9 Å². The fourth-order valence-electron chi connectivity index (χ4n) is 3.04. The number of benzene rings is 2. The van der Waals surface area contributed by atoms with Crippen molar-refractivity contribution in [1.29, 1.82) is 0 Å². The van der Waals surface area contributed by atoms with Crippen LogP contribution in [0.3, 0.4) is 0 Å². The van der Waals surface area contributed by atoms with Crippen LogP contribution in [-0.4, -0.2) is 21.4 Å². The monoisotopic (exact) mass is 362 g/mol. The first-order chi connectivity index (χ1) is 13.0. The normalized spacial score (nSPS) is 10.6. The first kappa shape index (κ1) is 18.4. The number of nitrogens with zero attached hydrogens (tertiary/aromatic N) is 2. The van der Waals surface area contributed by atoms with Gasteiger partial charge in [-0.15, -0.1) is 0 Å². The molecule has 1 aromatic heterocycles. The van der Waals surface area contributed by atoms with Crippen LogP contribution in [-0.2, 0) is 29.0 Å². The van der Waals surface area contributed by atoms with Gasteiger partial charge < -0.3 is 15.6 Å². The average molecular weight is 362 g/mol. The summed E-state index contributed by atoms with van der Waals surface area (Å²) in [5.41, 5.74) is 9.98. The molecule has 0 spiro atoms. The summed E-state index contributed by atoms with van der Waals surface area (Å²) in [4.78, 5) is 27.4. The van der Waals surface area contributed by atoms with Crippen molar-refractivity contribution in [1.82, 2.24) is 9.55 Å². The first-order valence-corrected chi connectivity index (χ1v) is 8.73. The average Bonchev–Trinajstić information content (AvgIpc) is 2.96. The van der Waals surface area contributed by atoms with Gasteiger partial charge in [0.25, 0.3) is 0 Å². The smallest absolute Gasteiger partial charge is 0.223 e. The molecule has 1 heterocycles. The Morgan fingerprint density at radius 2 is 1.81 bits per heavy atom. The Bertz CT molecular complexity index is 948. The number of carbonyl (C=O) groups excluding carboxylic acids is 2. The van der Waals surface area contributed by atoms with Crippen molar-refractivity contribution in [2.75, 3.05) is 5.32 Å². The summed E-state index contributed by atoms with van der Waals surface area (Å²) in [6.45, 7) is 2.02. The molecule has 3 N–H and O–H groups in total. The number of hydrogen-bond acceptors (Lipinski definition) is 3. The van der Waals surface area contributed by atoms with Gasteiger partial charge in [-0.05, 0) is 23.3 Å². The van der Waals surface area contributed by atoms with Crippen LogP contribution in [0.1, 0.15) is 29.4 Å². The van der Waals surface area contributed by atoms with E-state index >= 15 is 0 Å². The van der Waals surface area contributed by atoms with E-state index in [1.807, 2.05) is 59.2 Å². The Kier molecular flexibility index (Phi) is 5.66. The molecule has 0 aliphatic carbocycles. The number of nitrogens with one attached hydrogen (secondary N) is 1. The standard InChI is InChI=1S/C21H22N4O2/c1-15(26)24-18-9-5-8-17(10-18)13-25-14-23-19(20(25)12-21(22)27)11-16-6-3-2-4-7-16/h2-10,14H,11-13H2,1H3,(H2,22,27)(H,24,26). The molecule has 0 saturated heterocycles. The summed E-state index contributed by atoms with van der Waals surface area (Å²) in [5.74, 6) is -0.507. The third-order valence-electron chi connectivity index (χ3n) is 4.19. The molecule has 0 bridgehead atoms. The van der Waals surface area contributed by atoms with Crippen molar-refractivity contribution < 1.29 is 9.59 Å². The highest BCUT2D eigenvalue weighted by Crippen LogP contribution is 2.17. The molecule has 0 unspecified atom stereocenters. The maximum atomic E-state index is 11.6. The van der Waals surface area contributed by atoms with Gasteiger partial charge in [-0.2, -0.15) is 0 Å². The summed E-state index contributed by atoms with van der Waals surface area (Å²) >= 11 is 0. The highest BCUT2D eigenvalue weighted by atomic mass is 16.1. The van der Waals surface area contributed by atoms with Crippen LogP contribution in [0.4, 0.5) is 5.69 Å². The number of anilines is 1. The fraction of sp³-hybridized carbons (Fsp3) is 0.190. The van der Waals surface area contributed by atoms with E-state index in [0.717, 1.165) is 28.2 Å². The molecule has 3 rings (SSSR count). The number of rotatable bonds is 7. The van der Waals surface area contributed by atoms with E-state index in [2.05, 4.69) is 10.3 Å². The molecule has 0 saturated carbocycles. The molecule has 0 aliphatic rings. The van der Waals surface area contributed by atoms with Crippen LogP contribution in [0.5, 0.6) is 0 Å². The molecule has 0 radical (unpaired) electrons. The summed E-state index contributed by atoms with van der Waals surface area (Å²) in [6, 6.07) is 17.6. The maximum Gasteiger partial charge on any atom is 0.223 e. The Hall–Kier alpha value is -3.41. The predicted molar refractivity (Wildman–Crippen MR) is 104 cm³/mol. The van der Waals surface area contributed by atoms with Gasteiger partial charge in [0, 0.05) is 25.6 Å². The third kappa shape index (κ3) is 5.04. The minimum absolute atomic E-state index is 0.116. The van der Waals surface area contributed by atoms with Gasteiger partial charge in [0.2, 0.25) is 11.8 Å². The highest BCUT2D eigenvalue weighted by Gasteiger charge is 2.14. The molecule has 2 aromatic carbocycles. The summed E-state index contributed by atoms with van der Waals surface area (Å²) in [6.07, 6.45) is 2.51. The molecule has 138 valence electrons. The fourth-order valence-corrected chi connectivity index (χ4v) is 3.04. The lowest BCUT2D eigenvalue weighted by Gasteiger charge is -2.11. The first-order valence-electron chi connectivity index (χ1n) is 8.73. The second-order valence-corrected chi connectivity index (χ2v) is 6.45. The second-order valence-electron chi connectivity index (χ2n) is 6.45. The molecular formula is C21H22N4O2. The van der Waals surface area contributed by atoms with Crippen LogP contribution in [0.2, 0.25) is 0 Å². The van der Waals surface area contributed by atoms with E-state index in [1.165, 1.54) is 6.92 Å². The van der Waals surface area contributed by atoms with Gasteiger partial charge in [-0.1, -0.05) is 42.5 Å². The van der Waals surface area contributed by atoms with Crippen LogP contribution in [0.25, 0.3) is 0 Å². The highest BCUT2D eigenvalue weighted by molar-refractivity contribution is 5.88.